The van der Waals surface area contributed by atoms with Crippen molar-refractivity contribution in [3.8, 4) is 11.5 Å². The molecule has 0 unspecified atom stereocenters. The molecule has 0 radical (unpaired) electrons. The normalized spacial score (nSPS) is 9.95. The third kappa shape index (κ3) is 2.92. The Balaban J connectivity index is 2.38. The van der Waals surface area contributed by atoms with Crippen LogP contribution in [0.25, 0.3) is 0 Å². The first-order valence-electron chi connectivity index (χ1n) is 5.95. The third-order valence-electron chi connectivity index (χ3n) is 2.81. The average Bonchev–Trinajstić information content (AvgIpc) is 2.48. The van der Waals surface area contributed by atoms with Gasteiger partial charge in [0.2, 0.25) is 0 Å². The Morgan fingerprint density at radius 3 is 2.62 bits per heavy atom. The summed E-state index contributed by atoms with van der Waals surface area (Å²) in [6.07, 6.45) is 0. The summed E-state index contributed by atoms with van der Waals surface area (Å²) in [4.78, 5) is 22.4. The lowest BCUT2D eigenvalue weighted by atomic mass is 10.1. The molecule has 2 aromatic carbocycles. The Labute approximate surface area is 119 Å². The summed E-state index contributed by atoms with van der Waals surface area (Å²) in [5.41, 5.74) is -0.436. The Morgan fingerprint density at radius 1 is 1.24 bits per heavy atom. The molecular formula is C14H12N2O5. The minimum atomic E-state index is -0.683. The van der Waals surface area contributed by atoms with Gasteiger partial charge < -0.3 is 15.2 Å². The number of carbonyl (C=O) groups excluding carboxylic acids is 1. The van der Waals surface area contributed by atoms with Gasteiger partial charge in [0, 0.05) is 6.07 Å². The van der Waals surface area contributed by atoms with Crippen molar-refractivity contribution in [2.75, 3.05) is 12.4 Å². The Hall–Kier alpha value is -3.09. The van der Waals surface area contributed by atoms with E-state index in [1.54, 1.807) is 18.2 Å². The van der Waals surface area contributed by atoms with E-state index in [4.69, 9.17) is 4.74 Å². The second-order valence-corrected chi connectivity index (χ2v) is 4.08. The molecule has 21 heavy (non-hydrogen) atoms. The largest absolute Gasteiger partial charge is 0.505 e. The van der Waals surface area contributed by atoms with Crippen LogP contribution in [-0.4, -0.2) is 23.0 Å². The van der Waals surface area contributed by atoms with Crippen molar-refractivity contribution in [2.45, 2.75) is 0 Å². The number of phenols is 1. The lowest BCUT2D eigenvalue weighted by molar-refractivity contribution is -0.384. The van der Waals surface area contributed by atoms with Crippen LogP contribution >= 0.6 is 0 Å². The van der Waals surface area contributed by atoms with Crippen LogP contribution in [0.2, 0.25) is 0 Å². The highest BCUT2D eigenvalue weighted by atomic mass is 16.6. The number of nitro benzene ring substituents is 1. The summed E-state index contributed by atoms with van der Waals surface area (Å²) in [6.45, 7) is 0. The van der Waals surface area contributed by atoms with Gasteiger partial charge in [-0.25, -0.2) is 0 Å². The van der Waals surface area contributed by atoms with Crippen LogP contribution in [0, 0.1) is 10.1 Å². The number of aromatic hydroxyl groups is 1. The summed E-state index contributed by atoms with van der Waals surface area (Å²) in [5.74, 6) is -0.669. The molecule has 0 heterocycles. The molecule has 7 heteroatoms. The zero-order valence-electron chi connectivity index (χ0n) is 11.1. The number of nitro groups is 1. The summed E-state index contributed by atoms with van der Waals surface area (Å²) < 4.78 is 5.05. The first-order chi connectivity index (χ1) is 10.0. The van der Waals surface area contributed by atoms with Crippen molar-refractivity contribution in [2.24, 2.45) is 0 Å². The number of rotatable bonds is 4. The smallest absolute Gasteiger partial charge is 0.296 e. The molecule has 0 fully saturated rings. The maximum absolute atomic E-state index is 12.2. The van der Waals surface area contributed by atoms with Gasteiger partial charge >= 0.3 is 0 Å². The number of anilines is 1. The van der Waals surface area contributed by atoms with Gasteiger partial charge in [-0.15, -0.1) is 0 Å². The predicted octanol–water partition coefficient (Wildman–Crippen LogP) is 2.56. The number of methoxy groups -OCH3 is 1. The number of hydrogen-bond donors (Lipinski definition) is 2. The van der Waals surface area contributed by atoms with E-state index in [-0.39, 0.29) is 17.0 Å². The van der Waals surface area contributed by atoms with Gasteiger partial charge in [0.05, 0.1) is 17.6 Å². The van der Waals surface area contributed by atoms with Crippen LogP contribution in [0.4, 0.5) is 11.4 Å². The molecule has 108 valence electrons. The van der Waals surface area contributed by atoms with Crippen LogP contribution in [0.1, 0.15) is 10.4 Å². The van der Waals surface area contributed by atoms with Crippen LogP contribution in [0.3, 0.4) is 0 Å². The van der Waals surface area contributed by atoms with Gasteiger partial charge in [-0.1, -0.05) is 18.2 Å². The molecule has 0 spiro atoms. The predicted molar refractivity (Wildman–Crippen MR) is 75.7 cm³/mol. The fraction of sp³-hybridized carbons (Fsp3) is 0.0714. The molecule has 0 aliphatic carbocycles. The number of nitrogens with zero attached hydrogens (tertiary/aromatic N) is 1. The molecule has 0 atom stereocenters. The van der Waals surface area contributed by atoms with Crippen LogP contribution in [-0.2, 0) is 0 Å². The number of para-hydroxylation sites is 2. The van der Waals surface area contributed by atoms with Gasteiger partial charge in [-0.05, 0) is 18.2 Å². The van der Waals surface area contributed by atoms with Crippen molar-refractivity contribution < 1.29 is 19.6 Å². The van der Waals surface area contributed by atoms with E-state index in [0.717, 1.165) is 0 Å². The quantitative estimate of drug-likeness (QED) is 0.511. The molecule has 0 saturated heterocycles. The SMILES string of the molecule is COc1ccccc1C(=O)Nc1c(O)cccc1[N+](=O)[O-]. The zero-order chi connectivity index (χ0) is 15.4. The first-order valence-corrected chi connectivity index (χ1v) is 5.95. The van der Waals surface area contributed by atoms with Gasteiger partial charge in [0.1, 0.15) is 11.5 Å². The van der Waals surface area contributed by atoms with Crippen molar-refractivity contribution in [3.63, 3.8) is 0 Å². The van der Waals surface area contributed by atoms with E-state index in [1.165, 1.54) is 31.4 Å². The molecular weight excluding hydrogens is 276 g/mol. The number of carbonyl (C=O) groups is 1. The van der Waals surface area contributed by atoms with Crippen LogP contribution in [0.5, 0.6) is 11.5 Å². The zero-order valence-corrected chi connectivity index (χ0v) is 11.1. The Bertz CT molecular complexity index is 700. The highest BCUT2D eigenvalue weighted by Gasteiger charge is 2.21. The van der Waals surface area contributed by atoms with Gasteiger partial charge in [0.25, 0.3) is 11.6 Å². The van der Waals surface area contributed by atoms with Crippen LogP contribution in [0.15, 0.2) is 42.5 Å². The number of amides is 1. The van der Waals surface area contributed by atoms with E-state index in [9.17, 15) is 20.0 Å². The van der Waals surface area contributed by atoms with Crippen molar-refractivity contribution in [3.05, 3.63) is 58.1 Å². The fourth-order valence-corrected chi connectivity index (χ4v) is 1.82. The molecule has 0 aliphatic heterocycles. The monoisotopic (exact) mass is 288 g/mol. The number of nitrogens with one attached hydrogen (secondary N) is 1. The van der Waals surface area contributed by atoms with Crippen molar-refractivity contribution in [1.82, 2.24) is 0 Å². The van der Waals surface area contributed by atoms with Crippen LogP contribution < -0.4 is 10.1 Å². The van der Waals surface area contributed by atoms with E-state index in [1.807, 2.05) is 0 Å². The van der Waals surface area contributed by atoms with Crippen molar-refractivity contribution in [1.29, 1.82) is 0 Å². The first kappa shape index (κ1) is 14.3. The van der Waals surface area contributed by atoms with Crippen molar-refractivity contribution >= 4 is 17.3 Å². The second kappa shape index (κ2) is 5.91. The molecule has 2 rings (SSSR count). The maximum Gasteiger partial charge on any atom is 0.296 e. The highest BCUT2D eigenvalue weighted by Crippen LogP contribution is 2.33. The number of hydrogen-bond acceptors (Lipinski definition) is 5. The maximum atomic E-state index is 12.2. The lowest BCUT2D eigenvalue weighted by Crippen LogP contribution is -2.14. The molecule has 0 aromatic heterocycles. The highest BCUT2D eigenvalue weighted by molar-refractivity contribution is 6.08. The standard InChI is InChI=1S/C14H12N2O5/c1-21-12-8-3-2-5-9(12)14(18)15-13-10(16(19)20)6-4-7-11(13)17/h2-8,17H,1H3,(H,15,18). The molecule has 0 aliphatic rings. The minimum absolute atomic E-state index is 0.206. The summed E-state index contributed by atoms with van der Waals surface area (Å²) in [7, 11) is 1.41. The van der Waals surface area contributed by atoms with E-state index < -0.39 is 16.5 Å². The fourth-order valence-electron chi connectivity index (χ4n) is 1.82. The minimum Gasteiger partial charge on any atom is -0.505 e. The molecule has 7 nitrogen and oxygen atoms in total. The molecule has 1 amide bonds. The summed E-state index contributed by atoms with van der Waals surface area (Å²) >= 11 is 0. The van der Waals surface area contributed by atoms with E-state index in [2.05, 4.69) is 5.32 Å². The number of ether oxygens (including phenoxy) is 1. The topological polar surface area (TPSA) is 102 Å². The molecule has 2 aromatic rings. The molecule has 0 saturated carbocycles. The Morgan fingerprint density at radius 2 is 1.95 bits per heavy atom. The summed E-state index contributed by atoms with van der Waals surface area (Å²) in [5, 5.41) is 23.0. The molecule has 2 N–H and O–H groups in total. The van der Waals surface area contributed by atoms with E-state index in [0.29, 0.717) is 5.75 Å². The third-order valence-corrected chi connectivity index (χ3v) is 2.81. The Kier molecular flexibility index (Phi) is 4.03. The van der Waals surface area contributed by atoms with Gasteiger partial charge in [-0.3, -0.25) is 14.9 Å². The average molecular weight is 288 g/mol. The number of benzene rings is 2. The molecule has 0 bridgehead atoms. The summed E-state index contributed by atoms with van der Waals surface area (Å²) in [6, 6.07) is 10.2. The second-order valence-electron chi connectivity index (χ2n) is 4.08. The lowest BCUT2D eigenvalue weighted by Gasteiger charge is -2.10. The van der Waals surface area contributed by atoms with Gasteiger partial charge in [0.15, 0.2) is 5.69 Å². The number of phenolic OH excluding ortho intramolecular Hbond substituents is 1. The van der Waals surface area contributed by atoms with Gasteiger partial charge in [-0.2, -0.15) is 0 Å². The van der Waals surface area contributed by atoms with E-state index >= 15 is 0 Å².